The monoisotopic (exact) mass is 1070 g/mol. The van der Waals surface area contributed by atoms with Crippen LogP contribution in [0, 0.1) is 27.9 Å². The molecule has 20 nitrogen and oxygen atoms in total. The molecule has 5 N–H and O–H groups in total. The minimum atomic E-state index is -4.73. The molecule has 3 saturated heterocycles. The number of benzene rings is 1. The van der Waals surface area contributed by atoms with Gasteiger partial charge in [-0.2, -0.15) is 13.2 Å². The van der Waals surface area contributed by atoms with Crippen LogP contribution < -0.4 is 0 Å². The minimum Gasteiger partial charge on any atom is -0.459 e. The number of methoxy groups -OCH3 is 1. The Labute approximate surface area is 439 Å². The first-order chi connectivity index (χ1) is 34.8. The number of nitro benzene ring substituents is 1. The van der Waals surface area contributed by atoms with Gasteiger partial charge >= 0.3 is 12.1 Å². The predicted octanol–water partition coefficient (Wildman–Crippen LogP) is 5.14. The van der Waals surface area contributed by atoms with Crippen LogP contribution >= 0.6 is 0 Å². The van der Waals surface area contributed by atoms with Gasteiger partial charge in [0.05, 0.1) is 58.3 Å². The molecule has 428 valence electrons. The molecule has 1 aromatic carbocycles. The van der Waals surface area contributed by atoms with Gasteiger partial charge in [-0.05, 0) is 99.7 Å². The maximum absolute atomic E-state index is 14.5. The lowest BCUT2D eigenvalue weighted by Gasteiger charge is -2.48. The summed E-state index contributed by atoms with van der Waals surface area (Å²) < 4.78 is 82.1. The molecule has 4 heterocycles. The van der Waals surface area contributed by atoms with Gasteiger partial charge in [-0.15, -0.1) is 5.10 Å². The van der Waals surface area contributed by atoms with E-state index in [4.69, 9.17) is 28.4 Å². The largest absolute Gasteiger partial charge is 0.459 e. The Hall–Kier alpha value is -3.46. The molecule has 2 aromatic rings. The predicted molar refractivity (Wildman–Crippen MR) is 268 cm³/mol. The van der Waals surface area contributed by atoms with Gasteiger partial charge in [-0.3, -0.25) is 14.9 Å². The molecule has 23 heteroatoms. The summed E-state index contributed by atoms with van der Waals surface area (Å²) in [7, 11) is 5.09. The average Bonchev–Trinajstić information content (AvgIpc) is 3.81. The van der Waals surface area contributed by atoms with E-state index in [-0.39, 0.29) is 61.5 Å². The number of aliphatic hydroxyl groups excluding tert-OH is 3. The zero-order valence-corrected chi connectivity index (χ0v) is 45.9. The SMILES string of the molecule is CC[C@H]1OC(=O)[C@H](C)[C@@H](O[C@H]2C[C@@](C)(OC)[C@@H](O)[C@H](C)O2)[C@H](C)[C@@H](O[C@@H]2O[C@H](C)C[C@H](N(C)CCc3cn([C@@H](Cc4ccc([N+](=O)[O-])cc4)C(F)(F)F)nn3)[C@H]2O)[C@](C)(O)CC[C@@H](C)CN(C)[C@H](C)[C@@H](O)C[C@]1(C)O. The number of likely N-dealkylation sites (N-methyl/N-ethyl adjacent to an activating group) is 2. The molecule has 5 rings (SSSR count). The first kappa shape index (κ1) is 62.4. The maximum atomic E-state index is 14.5. The number of non-ortho nitro benzene ring substituents is 1. The lowest BCUT2D eigenvalue weighted by molar-refractivity contribution is -0.384. The Morgan fingerprint density at radius 2 is 1.65 bits per heavy atom. The highest BCUT2D eigenvalue weighted by molar-refractivity contribution is 5.73. The first-order valence-electron chi connectivity index (χ1n) is 26.3. The summed E-state index contributed by atoms with van der Waals surface area (Å²) in [6, 6.07) is 1.71. The molecule has 3 aliphatic rings. The van der Waals surface area contributed by atoms with Crippen molar-refractivity contribution in [3.05, 3.63) is 51.8 Å². The Kier molecular flexibility index (Phi) is 21.3. The van der Waals surface area contributed by atoms with E-state index < -0.39 is 132 Å². The van der Waals surface area contributed by atoms with E-state index in [1.807, 2.05) is 37.6 Å². The summed E-state index contributed by atoms with van der Waals surface area (Å²) in [6.07, 6.45) is -13.2. The highest BCUT2D eigenvalue weighted by Crippen LogP contribution is 2.40. The second kappa shape index (κ2) is 25.6. The molecule has 3 aliphatic heterocycles. The Morgan fingerprint density at radius 3 is 2.25 bits per heavy atom. The number of carbonyl (C=O) groups is 1. The normalized spacial score (nSPS) is 39.0. The summed E-state index contributed by atoms with van der Waals surface area (Å²) >= 11 is 0. The Bertz CT molecular complexity index is 2140. The van der Waals surface area contributed by atoms with Crippen molar-refractivity contribution in [2.24, 2.45) is 17.8 Å². The van der Waals surface area contributed by atoms with Gasteiger partial charge in [0.15, 0.2) is 18.6 Å². The van der Waals surface area contributed by atoms with Gasteiger partial charge in [0.1, 0.15) is 23.9 Å². The van der Waals surface area contributed by atoms with E-state index in [1.54, 1.807) is 48.6 Å². The summed E-state index contributed by atoms with van der Waals surface area (Å²) in [5.41, 5.74) is -4.21. The smallest absolute Gasteiger partial charge is 0.411 e. The van der Waals surface area contributed by atoms with Crippen LogP contribution in [0.5, 0.6) is 0 Å². The molecular weight excluding hydrogens is 990 g/mol. The number of ether oxygens (including phenoxy) is 6. The zero-order chi connectivity index (χ0) is 56.1. The van der Waals surface area contributed by atoms with Crippen LogP contribution in [0.1, 0.15) is 125 Å². The lowest BCUT2D eigenvalue weighted by Crippen LogP contribution is -2.60. The van der Waals surface area contributed by atoms with Crippen LogP contribution in [0.3, 0.4) is 0 Å². The first-order valence-corrected chi connectivity index (χ1v) is 26.3. The average molecular weight is 1080 g/mol. The Balaban J connectivity index is 1.45. The number of nitrogens with zero attached hydrogens (tertiary/aromatic N) is 6. The van der Waals surface area contributed by atoms with Crippen LogP contribution in [-0.2, 0) is 46.1 Å². The fraction of sp³-hybridized carbons (Fsp3) is 0.827. The van der Waals surface area contributed by atoms with Crippen molar-refractivity contribution < 1.29 is 76.8 Å². The molecule has 75 heavy (non-hydrogen) atoms. The van der Waals surface area contributed by atoms with E-state index in [0.29, 0.717) is 19.4 Å². The molecule has 0 amide bonds. The second-order valence-corrected chi connectivity index (χ2v) is 22.6. The molecule has 0 bridgehead atoms. The van der Waals surface area contributed by atoms with Crippen molar-refractivity contribution in [1.29, 1.82) is 0 Å². The number of nitro groups is 1. The third-order valence-corrected chi connectivity index (χ3v) is 16.2. The van der Waals surface area contributed by atoms with Crippen molar-refractivity contribution in [3.8, 4) is 0 Å². The second-order valence-electron chi connectivity index (χ2n) is 22.6. The molecule has 0 saturated carbocycles. The molecule has 0 aliphatic carbocycles. The van der Waals surface area contributed by atoms with Crippen LogP contribution in [-0.4, -0.2) is 192 Å². The van der Waals surface area contributed by atoms with Crippen molar-refractivity contribution >= 4 is 11.7 Å². The Morgan fingerprint density at radius 1 is 1.00 bits per heavy atom. The van der Waals surface area contributed by atoms with Gasteiger partial charge in [0.2, 0.25) is 0 Å². The van der Waals surface area contributed by atoms with Gasteiger partial charge in [0.25, 0.3) is 5.69 Å². The van der Waals surface area contributed by atoms with Gasteiger partial charge in [-0.25, -0.2) is 4.68 Å². The van der Waals surface area contributed by atoms with E-state index in [1.165, 1.54) is 32.4 Å². The van der Waals surface area contributed by atoms with E-state index in [9.17, 15) is 53.6 Å². The number of esters is 1. The van der Waals surface area contributed by atoms with Crippen molar-refractivity contribution in [2.45, 2.75) is 223 Å². The van der Waals surface area contributed by atoms with E-state index >= 15 is 0 Å². The molecule has 3 fully saturated rings. The van der Waals surface area contributed by atoms with Crippen LogP contribution in [0.25, 0.3) is 0 Å². The maximum Gasteiger partial charge on any atom is 0.411 e. The summed E-state index contributed by atoms with van der Waals surface area (Å²) in [5.74, 6) is -2.77. The third-order valence-electron chi connectivity index (χ3n) is 16.2. The third kappa shape index (κ3) is 15.6. The van der Waals surface area contributed by atoms with Crippen molar-refractivity contribution in [3.63, 3.8) is 0 Å². The number of cyclic esters (lactones) is 1. The molecule has 0 unspecified atom stereocenters. The zero-order valence-electron chi connectivity index (χ0n) is 45.9. The number of hydrogen-bond donors (Lipinski definition) is 5. The molecular formula is C52H85F3N6O14. The standard InChI is InChI=1S/C52H85F3N6O14/c1-14-41-50(9,67)25-39(62)33(6)59(12)27-29(2)19-21-49(8,66)46(31(4)44(32(5)47(65)73-41)74-42-26-51(10,70-13)45(64)34(7)72-42)75-48-43(63)38(23-30(3)71-48)58(11)22-20-36-28-60(57-56-36)40(52(53,54)55)24-35-15-17-37(18-16-35)61(68)69/h15-18,28-34,38-46,48,62-64,66-67H,14,19-27H2,1-13H3/t29-,30-,31+,32-,33-,34+,38+,39+,40+,41-,42+,43-,44+,45+,46-,48+,49-,50+,51-/m1/s1. The highest BCUT2D eigenvalue weighted by Gasteiger charge is 2.52. The van der Waals surface area contributed by atoms with Crippen LogP contribution in [0.4, 0.5) is 18.9 Å². The van der Waals surface area contributed by atoms with Crippen molar-refractivity contribution in [2.75, 3.05) is 34.3 Å². The topological polar surface area (TPSA) is 254 Å². The summed E-state index contributed by atoms with van der Waals surface area (Å²) in [5, 5.41) is 78.3. The molecule has 1 aromatic heterocycles. The quantitative estimate of drug-likeness (QED) is 0.0933. The molecule has 19 atom stereocenters. The molecule has 0 spiro atoms. The van der Waals surface area contributed by atoms with Gasteiger partial charge < -0.3 is 63.8 Å². The number of alkyl halides is 3. The number of hydrogen-bond acceptors (Lipinski definition) is 18. The van der Waals surface area contributed by atoms with Crippen LogP contribution in [0.2, 0.25) is 0 Å². The lowest BCUT2D eigenvalue weighted by atomic mass is 9.78. The fourth-order valence-corrected chi connectivity index (χ4v) is 11.1. The number of carbonyl (C=O) groups excluding carboxylic acids is 1. The number of rotatable bonds is 14. The van der Waals surface area contributed by atoms with Crippen molar-refractivity contribution in [1.82, 2.24) is 24.8 Å². The number of halogens is 3. The van der Waals surface area contributed by atoms with E-state index in [2.05, 4.69) is 10.3 Å². The van der Waals surface area contributed by atoms with Crippen LogP contribution in [0.15, 0.2) is 30.5 Å². The number of aromatic nitrogens is 3. The van der Waals surface area contributed by atoms with Gasteiger partial charge in [-0.1, -0.05) is 38.1 Å². The summed E-state index contributed by atoms with van der Waals surface area (Å²) in [6.45, 7) is 18.1. The fourth-order valence-electron chi connectivity index (χ4n) is 11.1. The van der Waals surface area contributed by atoms with E-state index in [0.717, 1.165) is 16.8 Å². The minimum absolute atomic E-state index is 0.0246. The number of aliphatic hydroxyl groups is 5. The molecule has 0 radical (unpaired) electrons. The van der Waals surface area contributed by atoms with Gasteiger partial charge in [0, 0.05) is 82.2 Å². The highest BCUT2D eigenvalue weighted by atomic mass is 19.4. The summed E-state index contributed by atoms with van der Waals surface area (Å²) in [4.78, 5) is 28.8.